The first-order valence-electron chi connectivity index (χ1n) is 7.51. The zero-order chi connectivity index (χ0) is 16.1. The molecule has 1 aliphatic heterocycles. The van der Waals surface area contributed by atoms with E-state index in [0.29, 0.717) is 23.6 Å². The van der Waals surface area contributed by atoms with E-state index in [1.807, 2.05) is 13.8 Å². The van der Waals surface area contributed by atoms with Gasteiger partial charge in [0.15, 0.2) is 0 Å². The van der Waals surface area contributed by atoms with Crippen LogP contribution in [0.1, 0.15) is 32.3 Å². The molecule has 0 spiro atoms. The predicted molar refractivity (Wildman–Crippen MR) is 84.5 cm³/mol. The van der Waals surface area contributed by atoms with Crippen LogP contribution in [0.15, 0.2) is 18.2 Å². The number of nitrogens with one attached hydrogen (secondary N) is 1. The van der Waals surface area contributed by atoms with E-state index in [9.17, 15) is 4.79 Å². The van der Waals surface area contributed by atoms with Gasteiger partial charge in [-0.2, -0.15) is 5.26 Å². The molecule has 22 heavy (non-hydrogen) atoms. The first-order valence-corrected chi connectivity index (χ1v) is 7.51. The number of carbonyl (C=O) groups is 1. The third-order valence-electron chi connectivity index (χ3n) is 3.65. The number of carbonyl (C=O) groups excluding carboxylic acids is 1. The normalized spacial score (nSPS) is 17.4. The highest BCUT2D eigenvalue weighted by molar-refractivity contribution is 5.75. The highest BCUT2D eigenvalue weighted by Crippen LogP contribution is 2.25. The number of rotatable bonds is 4. The number of nitriles is 1. The highest BCUT2D eigenvalue weighted by atomic mass is 16.5. The maximum atomic E-state index is 12.1. The van der Waals surface area contributed by atoms with E-state index in [2.05, 4.69) is 11.4 Å². The molecule has 1 atom stereocenters. The van der Waals surface area contributed by atoms with Gasteiger partial charge in [-0.3, -0.25) is 0 Å². The van der Waals surface area contributed by atoms with Crippen LogP contribution in [0.5, 0.6) is 5.75 Å². The van der Waals surface area contributed by atoms with Gasteiger partial charge in [-0.1, -0.05) is 6.07 Å². The molecule has 6 nitrogen and oxygen atoms in total. The summed E-state index contributed by atoms with van der Waals surface area (Å²) in [6.07, 6.45) is 1.86. The molecule has 0 saturated carbocycles. The number of urea groups is 1. The van der Waals surface area contributed by atoms with Crippen LogP contribution in [0.25, 0.3) is 0 Å². The summed E-state index contributed by atoms with van der Waals surface area (Å²) in [4.78, 5) is 13.9. The molecule has 1 saturated heterocycles. The van der Waals surface area contributed by atoms with E-state index < -0.39 is 0 Å². The molecule has 0 aromatic heterocycles. The summed E-state index contributed by atoms with van der Waals surface area (Å²) >= 11 is 0. The number of nitrogens with two attached hydrogens (primary N) is 1. The van der Waals surface area contributed by atoms with Crippen molar-refractivity contribution < 1.29 is 9.53 Å². The lowest BCUT2D eigenvalue weighted by molar-refractivity contribution is 0.163. The topological polar surface area (TPSA) is 91.4 Å². The van der Waals surface area contributed by atoms with Crippen molar-refractivity contribution in [3.63, 3.8) is 0 Å². The van der Waals surface area contributed by atoms with Gasteiger partial charge in [-0.05, 0) is 38.8 Å². The molecular formula is C16H22N4O2. The van der Waals surface area contributed by atoms with Crippen LogP contribution in [0, 0.1) is 11.3 Å². The fourth-order valence-electron chi connectivity index (χ4n) is 2.58. The maximum Gasteiger partial charge on any atom is 0.317 e. The minimum absolute atomic E-state index is 0.0201. The number of likely N-dealkylation sites (tertiary alicyclic amines) is 1. The van der Waals surface area contributed by atoms with Crippen molar-refractivity contribution in [3.8, 4) is 11.8 Å². The molecule has 1 fully saturated rings. The second kappa shape index (κ2) is 7.03. The molecule has 1 aliphatic rings. The van der Waals surface area contributed by atoms with Crippen LogP contribution < -0.4 is 15.8 Å². The third-order valence-corrected chi connectivity index (χ3v) is 3.65. The van der Waals surface area contributed by atoms with Gasteiger partial charge in [0.1, 0.15) is 24.0 Å². The average Bonchev–Trinajstić information content (AvgIpc) is 2.93. The lowest BCUT2D eigenvalue weighted by Gasteiger charge is -2.26. The molecule has 1 heterocycles. The van der Waals surface area contributed by atoms with Gasteiger partial charge < -0.3 is 20.7 Å². The minimum Gasteiger partial charge on any atom is -0.490 e. The van der Waals surface area contributed by atoms with Crippen LogP contribution in [-0.4, -0.2) is 36.2 Å². The number of nitrogen functional groups attached to an aromatic ring is 1. The minimum atomic E-state index is -0.0609. The molecule has 2 rings (SSSR count). The Morgan fingerprint density at radius 2 is 2.36 bits per heavy atom. The van der Waals surface area contributed by atoms with Crippen molar-refractivity contribution in [2.75, 3.05) is 18.9 Å². The van der Waals surface area contributed by atoms with Crippen molar-refractivity contribution in [1.82, 2.24) is 10.2 Å². The van der Waals surface area contributed by atoms with Gasteiger partial charge in [0, 0.05) is 12.6 Å². The lowest BCUT2D eigenvalue weighted by Crippen LogP contribution is -2.47. The Balaban J connectivity index is 2.01. The summed E-state index contributed by atoms with van der Waals surface area (Å²) in [5, 5.41) is 12.0. The molecule has 0 aliphatic carbocycles. The zero-order valence-corrected chi connectivity index (χ0v) is 13.0. The third kappa shape index (κ3) is 3.61. The number of hydrogen-bond donors (Lipinski definition) is 2. The Morgan fingerprint density at radius 1 is 1.59 bits per heavy atom. The van der Waals surface area contributed by atoms with E-state index in [4.69, 9.17) is 15.7 Å². The van der Waals surface area contributed by atoms with E-state index >= 15 is 0 Å². The molecule has 118 valence electrons. The quantitative estimate of drug-likeness (QED) is 0.833. The van der Waals surface area contributed by atoms with Crippen LogP contribution in [-0.2, 0) is 0 Å². The molecule has 2 amide bonds. The van der Waals surface area contributed by atoms with Crippen molar-refractivity contribution in [2.24, 2.45) is 0 Å². The van der Waals surface area contributed by atoms with Crippen LogP contribution in [0.4, 0.5) is 10.5 Å². The van der Waals surface area contributed by atoms with Gasteiger partial charge in [-0.15, -0.1) is 0 Å². The molecule has 0 bridgehead atoms. The number of amides is 2. The summed E-state index contributed by atoms with van der Waals surface area (Å²) in [7, 11) is 0. The first-order chi connectivity index (χ1) is 10.5. The Hall–Kier alpha value is -2.42. The van der Waals surface area contributed by atoms with Gasteiger partial charge >= 0.3 is 6.03 Å². The van der Waals surface area contributed by atoms with Crippen molar-refractivity contribution in [3.05, 3.63) is 23.8 Å². The molecule has 1 unspecified atom stereocenters. The number of nitrogens with zero attached hydrogens (tertiary/aromatic N) is 2. The first kappa shape index (κ1) is 16.0. The number of benzene rings is 1. The Bertz CT molecular complexity index is 580. The standard InChI is InChI=1S/C16H22N4O2/c1-11(2)19-16(21)20-8-4-5-12(20)10-22-15-7-3-6-14(18)13(15)9-17/h3,6-7,11-12H,4-5,8,10,18H2,1-2H3,(H,19,21). The smallest absolute Gasteiger partial charge is 0.317 e. The summed E-state index contributed by atoms with van der Waals surface area (Å²) in [6.45, 7) is 4.97. The van der Waals surface area contributed by atoms with E-state index in [1.165, 1.54) is 0 Å². The summed E-state index contributed by atoms with van der Waals surface area (Å²) < 4.78 is 5.75. The molecule has 1 aromatic rings. The average molecular weight is 302 g/mol. The summed E-state index contributed by atoms with van der Waals surface area (Å²) in [6, 6.07) is 7.27. The van der Waals surface area contributed by atoms with Crippen molar-refractivity contribution in [2.45, 2.75) is 38.8 Å². The molecule has 0 radical (unpaired) electrons. The van der Waals surface area contributed by atoms with Crippen molar-refractivity contribution in [1.29, 1.82) is 5.26 Å². The monoisotopic (exact) mass is 302 g/mol. The summed E-state index contributed by atoms with van der Waals surface area (Å²) in [5.74, 6) is 0.471. The van der Waals surface area contributed by atoms with Crippen LogP contribution in [0.3, 0.4) is 0 Å². The van der Waals surface area contributed by atoms with Gasteiger partial charge in [0.25, 0.3) is 0 Å². The SMILES string of the molecule is CC(C)NC(=O)N1CCCC1COc1cccc(N)c1C#N. The molecule has 3 N–H and O–H groups in total. The van der Waals surface area contributed by atoms with Gasteiger partial charge in [0.2, 0.25) is 0 Å². The Morgan fingerprint density at radius 3 is 3.05 bits per heavy atom. The maximum absolute atomic E-state index is 12.1. The zero-order valence-electron chi connectivity index (χ0n) is 13.0. The van der Waals surface area contributed by atoms with Crippen LogP contribution in [0.2, 0.25) is 0 Å². The number of anilines is 1. The van der Waals surface area contributed by atoms with Gasteiger partial charge in [-0.25, -0.2) is 4.79 Å². The lowest BCUT2D eigenvalue weighted by atomic mass is 10.2. The summed E-state index contributed by atoms with van der Waals surface area (Å²) in [5.41, 5.74) is 6.52. The molecular weight excluding hydrogens is 280 g/mol. The second-order valence-electron chi connectivity index (χ2n) is 5.74. The fourth-order valence-corrected chi connectivity index (χ4v) is 2.58. The second-order valence-corrected chi connectivity index (χ2v) is 5.74. The molecule has 1 aromatic carbocycles. The van der Waals surface area contributed by atoms with E-state index in [1.54, 1.807) is 23.1 Å². The highest BCUT2D eigenvalue weighted by Gasteiger charge is 2.29. The Kier molecular flexibility index (Phi) is 5.10. The van der Waals surface area contributed by atoms with E-state index in [0.717, 1.165) is 19.4 Å². The fraction of sp³-hybridized carbons (Fsp3) is 0.500. The van der Waals surface area contributed by atoms with Crippen molar-refractivity contribution >= 4 is 11.7 Å². The number of hydrogen-bond acceptors (Lipinski definition) is 4. The Labute approximate surface area is 130 Å². The van der Waals surface area contributed by atoms with E-state index in [-0.39, 0.29) is 18.1 Å². The van der Waals surface area contributed by atoms with Gasteiger partial charge in [0.05, 0.1) is 11.7 Å². The predicted octanol–water partition coefficient (Wildman–Crippen LogP) is 2.10. The number of ether oxygens (including phenoxy) is 1. The molecule has 6 heteroatoms. The largest absolute Gasteiger partial charge is 0.490 e. The van der Waals surface area contributed by atoms with Crippen LogP contribution >= 0.6 is 0 Å².